The molecule has 0 heterocycles. The second kappa shape index (κ2) is 2.45. The van der Waals surface area contributed by atoms with Crippen LogP contribution in [0.4, 0.5) is 0 Å². The Morgan fingerprint density at radius 3 is 2.50 bits per heavy atom. The maximum atomic E-state index is 9.46. The van der Waals surface area contributed by atoms with E-state index in [1.807, 2.05) is 6.08 Å². The van der Waals surface area contributed by atoms with E-state index in [9.17, 15) is 4.79 Å². The van der Waals surface area contributed by atoms with Crippen LogP contribution in [-0.4, -0.2) is 11.1 Å². The molecule has 1 N–H and O–H groups in total. The molecule has 0 saturated heterocycles. The summed E-state index contributed by atoms with van der Waals surface area (Å²) in [5, 5.41) is 7.77. The number of carbonyl (C=O) groups is 1. The van der Waals surface area contributed by atoms with Crippen molar-refractivity contribution in [2.24, 2.45) is 0 Å². The van der Waals surface area contributed by atoms with Crippen LogP contribution in [0.15, 0.2) is 6.08 Å². The van der Waals surface area contributed by atoms with Gasteiger partial charge in [-0.25, -0.2) is 4.79 Å². The largest absolute Gasteiger partial charge is 0.478 e. The number of allylic oxidation sites excluding steroid dienone is 1. The van der Waals surface area contributed by atoms with Crippen molar-refractivity contribution < 1.29 is 9.90 Å². The second-order valence-corrected chi connectivity index (χ2v) is 0.738. The van der Waals surface area contributed by atoms with E-state index in [4.69, 9.17) is 5.11 Å². The molecule has 0 aliphatic carbocycles. The van der Waals surface area contributed by atoms with Gasteiger partial charge in [0.25, 0.3) is 0 Å². The van der Waals surface area contributed by atoms with Gasteiger partial charge in [-0.05, 0) is 6.92 Å². The van der Waals surface area contributed by atoms with Crippen molar-refractivity contribution in [3.05, 3.63) is 12.2 Å². The van der Waals surface area contributed by atoms with Gasteiger partial charge in [-0.15, -0.1) is 0 Å². The average Bonchev–Trinajstić information content (AvgIpc) is 1.35. The van der Waals surface area contributed by atoms with Gasteiger partial charge >= 0.3 is 5.97 Å². The van der Waals surface area contributed by atoms with E-state index in [-0.39, 0.29) is 0 Å². The summed E-state index contributed by atoms with van der Waals surface area (Å²) in [5.41, 5.74) is 0. The Labute approximate surface area is 36.1 Å². The SMILES string of the molecule is CC=[C]C(=O)O. The van der Waals surface area contributed by atoms with E-state index in [0.717, 1.165) is 0 Å². The molecular formula is C4H5O2. The van der Waals surface area contributed by atoms with Gasteiger partial charge in [0.2, 0.25) is 0 Å². The van der Waals surface area contributed by atoms with Crippen LogP contribution in [0.1, 0.15) is 6.92 Å². The quantitative estimate of drug-likeness (QED) is 0.469. The maximum absolute atomic E-state index is 9.46. The first-order chi connectivity index (χ1) is 2.77. The molecule has 0 spiro atoms. The zero-order valence-electron chi connectivity index (χ0n) is 3.43. The lowest BCUT2D eigenvalue weighted by Gasteiger charge is -1.67. The summed E-state index contributed by atoms with van der Waals surface area (Å²) in [5.74, 6) is -1.02. The molecule has 0 rings (SSSR count). The highest BCUT2D eigenvalue weighted by molar-refractivity contribution is 5.74. The standard InChI is InChI=1S/C4H5O2/c1-2-3-4(5)6/h2H,1H3,(H,5,6). The van der Waals surface area contributed by atoms with Gasteiger partial charge in [0.1, 0.15) is 0 Å². The normalized spacial score (nSPS) is 9.50. The average molecular weight is 85.1 g/mol. The van der Waals surface area contributed by atoms with Gasteiger partial charge in [0, 0.05) is 0 Å². The summed E-state index contributed by atoms with van der Waals surface area (Å²) in [4.78, 5) is 9.46. The molecule has 33 valence electrons. The van der Waals surface area contributed by atoms with Gasteiger partial charge in [-0.3, -0.25) is 0 Å². The van der Waals surface area contributed by atoms with Crippen LogP contribution in [0.2, 0.25) is 0 Å². The van der Waals surface area contributed by atoms with E-state index < -0.39 is 5.97 Å². The number of carboxylic acid groups (broad SMARTS) is 1. The molecule has 2 heteroatoms. The molecule has 6 heavy (non-hydrogen) atoms. The fourth-order valence-corrected chi connectivity index (χ4v) is 0.123. The van der Waals surface area contributed by atoms with E-state index >= 15 is 0 Å². The Morgan fingerprint density at radius 1 is 2.00 bits per heavy atom. The molecule has 0 amide bonds. The Balaban J connectivity index is 3.30. The summed E-state index contributed by atoms with van der Waals surface area (Å²) in [6.07, 6.45) is 3.35. The Hall–Kier alpha value is -0.790. The van der Waals surface area contributed by atoms with Crippen molar-refractivity contribution in [1.29, 1.82) is 0 Å². The minimum atomic E-state index is -1.02. The third-order valence-corrected chi connectivity index (χ3v) is 0.268. The van der Waals surface area contributed by atoms with Crippen molar-refractivity contribution in [2.75, 3.05) is 0 Å². The van der Waals surface area contributed by atoms with Gasteiger partial charge in [0.05, 0.1) is 6.08 Å². The summed E-state index contributed by atoms with van der Waals surface area (Å²) in [7, 11) is 0. The highest BCUT2D eigenvalue weighted by Crippen LogP contribution is 1.63. The zero-order valence-corrected chi connectivity index (χ0v) is 3.43. The predicted molar refractivity (Wildman–Crippen MR) is 21.1 cm³/mol. The van der Waals surface area contributed by atoms with Crippen molar-refractivity contribution in [1.82, 2.24) is 0 Å². The third kappa shape index (κ3) is 3.21. The van der Waals surface area contributed by atoms with E-state index in [1.54, 1.807) is 6.92 Å². The molecule has 1 radical (unpaired) electrons. The van der Waals surface area contributed by atoms with Gasteiger partial charge < -0.3 is 5.11 Å². The number of hydrogen-bond acceptors (Lipinski definition) is 1. The highest BCUT2D eigenvalue weighted by Gasteiger charge is 1.78. The number of rotatable bonds is 1. The molecular weight excluding hydrogens is 80.0 g/mol. The van der Waals surface area contributed by atoms with Gasteiger partial charge in [0.15, 0.2) is 0 Å². The van der Waals surface area contributed by atoms with Crippen molar-refractivity contribution in [3.8, 4) is 0 Å². The maximum Gasteiger partial charge on any atom is 0.336 e. The van der Waals surface area contributed by atoms with Crippen LogP contribution in [0.3, 0.4) is 0 Å². The summed E-state index contributed by atoms with van der Waals surface area (Å²) >= 11 is 0. The van der Waals surface area contributed by atoms with Crippen LogP contribution in [0.25, 0.3) is 0 Å². The van der Waals surface area contributed by atoms with E-state index in [0.29, 0.717) is 0 Å². The van der Waals surface area contributed by atoms with E-state index in [2.05, 4.69) is 0 Å². The molecule has 0 aliphatic heterocycles. The smallest absolute Gasteiger partial charge is 0.336 e. The first kappa shape index (κ1) is 5.21. The van der Waals surface area contributed by atoms with Crippen LogP contribution in [-0.2, 0) is 4.79 Å². The van der Waals surface area contributed by atoms with Crippen LogP contribution >= 0.6 is 0 Å². The molecule has 2 nitrogen and oxygen atoms in total. The third-order valence-electron chi connectivity index (χ3n) is 0.268. The van der Waals surface area contributed by atoms with Gasteiger partial charge in [-0.1, -0.05) is 6.08 Å². The Morgan fingerprint density at radius 2 is 2.50 bits per heavy atom. The predicted octanol–water partition coefficient (Wildman–Crippen LogP) is 0.450. The lowest BCUT2D eigenvalue weighted by molar-refractivity contribution is -0.132. The molecule has 0 fully saturated rings. The number of aliphatic carboxylic acids is 1. The fourth-order valence-electron chi connectivity index (χ4n) is 0.123. The van der Waals surface area contributed by atoms with Crippen LogP contribution in [0, 0.1) is 6.08 Å². The van der Waals surface area contributed by atoms with E-state index in [1.165, 1.54) is 6.08 Å². The molecule has 0 bridgehead atoms. The minimum Gasteiger partial charge on any atom is -0.478 e. The summed E-state index contributed by atoms with van der Waals surface area (Å²) in [6, 6.07) is 0. The van der Waals surface area contributed by atoms with Crippen molar-refractivity contribution in [3.63, 3.8) is 0 Å². The fraction of sp³-hybridized carbons (Fsp3) is 0.250. The number of carboxylic acids is 1. The number of hydrogen-bond donors (Lipinski definition) is 1. The second-order valence-electron chi connectivity index (χ2n) is 0.738. The monoisotopic (exact) mass is 85.0 g/mol. The zero-order chi connectivity index (χ0) is 4.99. The first-order valence-corrected chi connectivity index (χ1v) is 1.54. The molecule has 0 aromatic heterocycles. The molecule has 0 aromatic carbocycles. The highest BCUT2D eigenvalue weighted by atomic mass is 16.4. The molecule has 0 aromatic rings. The van der Waals surface area contributed by atoms with Crippen LogP contribution < -0.4 is 0 Å². The molecule has 0 saturated carbocycles. The van der Waals surface area contributed by atoms with Crippen molar-refractivity contribution >= 4 is 5.97 Å². The minimum absolute atomic E-state index is 1.02. The van der Waals surface area contributed by atoms with Crippen molar-refractivity contribution in [2.45, 2.75) is 6.92 Å². The summed E-state index contributed by atoms with van der Waals surface area (Å²) < 4.78 is 0. The molecule has 0 atom stereocenters. The molecule has 0 aliphatic rings. The van der Waals surface area contributed by atoms with Crippen LogP contribution in [0.5, 0.6) is 0 Å². The Kier molecular flexibility index (Phi) is 2.13. The summed E-state index contributed by atoms with van der Waals surface area (Å²) in [6.45, 7) is 1.61. The lowest BCUT2D eigenvalue weighted by Crippen LogP contribution is -1.84. The Bertz CT molecular complexity index is 73.6. The van der Waals surface area contributed by atoms with Gasteiger partial charge in [-0.2, -0.15) is 0 Å². The lowest BCUT2D eigenvalue weighted by atomic mass is 10.5. The first-order valence-electron chi connectivity index (χ1n) is 1.54. The molecule has 0 unspecified atom stereocenters. The topological polar surface area (TPSA) is 37.3 Å².